The lowest BCUT2D eigenvalue weighted by Gasteiger charge is -2.24. The smallest absolute Gasteiger partial charge is 0.337 e. The van der Waals surface area contributed by atoms with Crippen LogP contribution in [0.4, 0.5) is 10.5 Å². The molecule has 2 N–H and O–H groups in total. The summed E-state index contributed by atoms with van der Waals surface area (Å²) in [5, 5.41) is 12.0. The molecule has 0 saturated heterocycles. The zero-order valence-electron chi connectivity index (χ0n) is 10.4. The fourth-order valence-electron chi connectivity index (χ4n) is 1.88. The summed E-state index contributed by atoms with van der Waals surface area (Å²) in [6.07, 6.45) is 4.64. The van der Waals surface area contributed by atoms with E-state index >= 15 is 0 Å². The number of halogens is 2. The van der Waals surface area contributed by atoms with E-state index in [4.69, 9.17) is 28.3 Å². The molecule has 0 unspecified atom stereocenters. The average molecular weight is 315 g/mol. The third kappa shape index (κ3) is 3.23. The normalized spacial score (nSPS) is 14.2. The molecule has 1 aromatic carbocycles. The van der Waals surface area contributed by atoms with Crippen LogP contribution in [-0.4, -0.2) is 35.1 Å². The van der Waals surface area contributed by atoms with Gasteiger partial charge in [-0.25, -0.2) is 9.59 Å². The van der Waals surface area contributed by atoms with Gasteiger partial charge >= 0.3 is 12.0 Å². The molecular formula is C13H12Cl2N2O3. The molecule has 1 aliphatic rings. The number of carbonyl (C=O) groups is 2. The third-order valence-corrected chi connectivity index (χ3v) is 3.38. The van der Waals surface area contributed by atoms with Crippen molar-refractivity contribution in [3.05, 3.63) is 39.9 Å². The summed E-state index contributed by atoms with van der Waals surface area (Å²) in [5.74, 6) is -1.21. The summed E-state index contributed by atoms with van der Waals surface area (Å²) in [6, 6.07) is 2.25. The van der Waals surface area contributed by atoms with Crippen molar-refractivity contribution in [1.29, 1.82) is 0 Å². The van der Waals surface area contributed by atoms with Crippen LogP contribution in [0.15, 0.2) is 24.3 Å². The van der Waals surface area contributed by atoms with E-state index < -0.39 is 5.97 Å². The highest BCUT2D eigenvalue weighted by Gasteiger charge is 2.20. The zero-order chi connectivity index (χ0) is 14.7. The van der Waals surface area contributed by atoms with E-state index in [-0.39, 0.29) is 27.3 Å². The Balaban J connectivity index is 2.26. The summed E-state index contributed by atoms with van der Waals surface area (Å²) >= 11 is 11.7. The number of hydrogen-bond acceptors (Lipinski definition) is 2. The molecule has 2 rings (SSSR count). The number of amides is 2. The van der Waals surface area contributed by atoms with Gasteiger partial charge in [0.15, 0.2) is 0 Å². The molecule has 0 spiro atoms. The van der Waals surface area contributed by atoms with Crippen molar-refractivity contribution in [1.82, 2.24) is 4.90 Å². The standard InChI is InChI=1S/C13H12Cl2N2O3/c14-8-6-9(12(18)19)11(10(15)7-8)16-13(20)17-4-2-1-3-5-17/h1-2,6-7H,3-5H2,(H,16,20)(H,18,19). The lowest BCUT2D eigenvalue weighted by atomic mass is 10.1. The minimum absolute atomic E-state index is 0.0584. The molecule has 7 heteroatoms. The van der Waals surface area contributed by atoms with Crippen molar-refractivity contribution >= 4 is 40.9 Å². The van der Waals surface area contributed by atoms with Crippen molar-refractivity contribution in [3.63, 3.8) is 0 Å². The lowest BCUT2D eigenvalue weighted by Crippen LogP contribution is -2.37. The first kappa shape index (κ1) is 14.7. The summed E-state index contributed by atoms with van der Waals surface area (Å²) in [4.78, 5) is 24.8. The number of carboxylic acids is 1. The second-order valence-electron chi connectivity index (χ2n) is 4.25. The number of nitrogens with one attached hydrogen (secondary N) is 1. The number of nitrogens with zero attached hydrogens (tertiary/aromatic N) is 1. The van der Waals surface area contributed by atoms with Crippen LogP contribution in [0.3, 0.4) is 0 Å². The highest BCUT2D eigenvalue weighted by Crippen LogP contribution is 2.30. The molecule has 1 heterocycles. The predicted molar refractivity (Wildman–Crippen MR) is 77.8 cm³/mol. The van der Waals surface area contributed by atoms with Crippen molar-refractivity contribution < 1.29 is 14.7 Å². The number of benzene rings is 1. The van der Waals surface area contributed by atoms with Crippen LogP contribution in [0, 0.1) is 0 Å². The van der Waals surface area contributed by atoms with Crippen molar-refractivity contribution in [2.45, 2.75) is 6.42 Å². The van der Waals surface area contributed by atoms with Crippen LogP contribution in [0.25, 0.3) is 0 Å². The first-order chi connectivity index (χ1) is 9.49. The van der Waals surface area contributed by atoms with Gasteiger partial charge < -0.3 is 15.3 Å². The fraction of sp³-hybridized carbons (Fsp3) is 0.231. The van der Waals surface area contributed by atoms with Gasteiger partial charge in [0.25, 0.3) is 0 Å². The van der Waals surface area contributed by atoms with Crippen LogP contribution in [0.1, 0.15) is 16.8 Å². The number of hydrogen-bond donors (Lipinski definition) is 2. The van der Waals surface area contributed by atoms with Gasteiger partial charge in [-0.2, -0.15) is 0 Å². The van der Waals surface area contributed by atoms with Gasteiger partial charge in [0.05, 0.1) is 16.3 Å². The molecule has 1 aromatic rings. The van der Waals surface area contributed by atoms with E-state index in [0.717, 1.165) is 6.42 Å². The van der Waals surface area contributed by atoms with Crippen molar-refractivity contribution in [2.75, 3.05) is 18.4 Å². The number of carboxylic acid groups (broad SMARTS) is 1. The number of urea groups is 1. The van der Waals surface area contributed by atoms with E-state index in [1.807, 2.05) is 12.2 Å². The van der Waals surface area contributed by atoms with E-state index in [0.29, 0.717) is 13.1 Å². The maximum Gasteiger partial charge on any atom is 0.337 e. The Labute approximate surface area is 125 Å². The van der Waals surface area contributed by atoms with Crippen molar-refractivity contribution in [2.24, 2.45) is 0 Å². The minimum atomic E-state index is -1.21. The van der Waals surface area contributed by atoms with Gasteiger partial charge in [-0.05, 0) is 18.6 Å². The van der Waals surface area contributed by atoms with Crippen LogP contribution in [0.5, 0.6) is 0 Å². The molecule has 0 atom stereocenters. The quantitative estimate of drug-likeness (QED) is 0.821. The van der Waals surface area contributed by atoms with Crippen LogP contribution in [0.2, 0.25) is 10.0 Å². The van der Waals surface area contributed by atoms with Crippen LogP contribution in [-0.2, 0) is 0 Å². The molecule has 1 aliphatic heterocycles. The average Bonchev–Trinajstić information content (AvgIpc) is 2.42. The fourth-order valence-corrected chi connectivity index (χ4v) is 2.42. The van der Waals surface area contributed by atoms with E-state index in [9.17, 15) is 9.59 Å². The monoisotopic (exact) mass is 314 g/mol. The molecular weight excluding hydrogens is 303 g/mol. The molecule has 0 saturated carbocycles. The Bertz CT molecular complexity index is 587. The second-order valence-corrected chi connectivity index (χ2v) is 5.10. The molecule has 0 aromatic heterocycles. The predicted octanol–water partition coefficient (Wildman–Crippen LogP) is 3.49. The largest absolute Gasteiger partial charge is 0.478 e. The second kappa shape index (κ2) is 6.15. The summed E-state index contributed by atoms with van der Waals surface area (Å²) < 4.78 is 0. The molecule has 106 valence electrons. The van der Waals surface area contributed by atoms with Gasteiger partial charge in [-0.15, -0.1) is 0 Å². The molecule has 0 bridgehead atoms. The molecule has 5 nitrogen and oxygen atoms in total. The summed E-state index contributed by atoms with van der Waals surface area (Å²) in [5.41, 5.74) is -0.0773. The topological polar surface area (TPSA) is 69.6 Å². The van der Waals surface area contributed by atoms with Crippen LogP contribution < -0.4 is 5.32 Å². The molecule has 2 amide bonds. The zero-order valence-corrected chi connectivity index (χ0v) is 11.9. The first-order valence-corrected chi connectivity index (χ1v) is 6.68. The third-order valence-electron chi connectivity index (χ3n) is 2.86. The number of aromatic carboxylic acids is 1. The lowest BCUT2D eigenvalue weighted by molar-refractivity contribution is 0.0698. The Hall–Kier alpha value is -1.72. The Morgan fingerprint density at radius 1 is 1.25 bits per heavy atom. The van der Waals surface area contributed by atoms with Crippen LogP contribution >= 0.6 is 23.2 Å². The van der Waals surface area contributed by atoms with Gasteiger partial charge in [0.2, 0.25) is 0 Å². The van der Waals surface area contributed by atoms with Crippen molar-refractivity contribution in [3.8, 4) is 0 Å². The number of carbonyl (C=O) groups excluding carboxylic acids is 1. The molecule has 0 fully saturated rings. The maximum atomic E-state index is 12.1. The summed E-state index contributed by atoms with van der Waals surface area (Å²) in [7, 11) is 0. The van der Waals surface area contributed by atoms with Gasteiger partial charge in [-0.3, -0.25) is 0 Å². The molecule has 0 radical (unpaired) electrons. The minimum Gasteiger partial charge on any atom is -0.478 e. The maximum absolute atomic E-state index is 12.1. The van der Waals surface area contributed by atoms with Gasteiger partial charge in [-0.1, -0.05) is 35.4 Å². The van der Waals surface area contributed by atoms with E-state index in [1.165, 1.54) is 12.1 Å². The number of rotatable bonds is 2. The first-order valence-electron chi connectivity index (χ1n) is 5.92. The Morgan fingerprint density at radius 3 is 2.60 bits per heavy atom. The van der Waals surface area contributed by atoms with E-state index in [2.05, 4.69) is 5.32 Å². The Kier molecular flexibility index (Phi) is 4.52. The Morgan fingerprint density at radius 2 is 2.00 bits per heavy atom. The highest BCUT2D eigenvalue weighted by atomic mass is 35.5. The number of anilines is 1. The molecule has 0 aliphatic carbocycles. The SMILES string of the molecule is O=C(O)c1cc(Cl)cc(Cl)c1NC(=O)N1CC=CCC1. The molecule has 20 heavy (non-hydrogen) atoms. The summed E-state index contributed by atoms with van der Waals surface area (Å²) in [6.45, 7) is 1.06. The van der Waals surface area contributed by atoms with Gasteiger partial charge in [0.1, 0.15) is 0 Å². The van der Waals surface area contributed by atoms with Gasteiger partial charge in [0, 0.05) is 18.1 Å². The van der Waals surface area contributed by atoms with E-state index in [1.54, 1.807) is 4.90 Å². The highest BCUT2D eigenvalue weighted by molar-refractivity contribution is 6.37.